The van der Waals surface area contributed by atoms with Crippen LogP contribution in [0.2, 0.25) is 0 Å². The molecular formula is C21H22N2O3. The third-order valence-electron chi connectivity index (χ3n) is 4.28. The Morgan fingerprint density at radius 1 is 1.04 bits per heavy atom. The SMILES string of the molecule is Cc1cc(C)c(-c2cc(COC(=O)c3ccc(C)nc3C)on2)c(C)c1. The van der Waals surface area contributed by atoms with Crippen LogP contribution in [0.3, 0.4) is 0 Å². The van der Waals surface area contributed by atoms with Gasteiger partial charge in [0.05, 0.1) is 11.3 Å². The zero-order chi connectivity index (χ0) is 18.8. The van der Waals surface area contributed by atoms with Gasteiger partial charge in [0.1, 0.15) is 5.69 Å². The lowest BCUT2D eigenvalue weighted by molar-refractivity contribution is 0.0436. The van der Waals surface area contributed by atoms with Gasteiger partial charge >= 0.3 is 5.97 Å². The highest BCUT2D eigenvalue weighted by atomic mass is 16.5. The summed E-state index contributed by atoms with van der Waals surface area (Å²) in [7, 11) is 0. The fourth-order valence-electron chi connectivity index (χ4n) is 3.20. The molecule has 134 valence electrons. The molecule has 5 nitrogen and oxygen atoms in total. The number of nitrogens with zero attached hydrogens (tertiary/aromatic N) is 2. The maximum absolute atomic E-state index is 12.2. The lowest BCUT2D eigenvalue weighted by Gasteiger charge is -2.07. The third-order valence-corrected chi connectivity index (χ3v) is 4.28. The Bertz CT molecular complexity index is 950. The second-order valence-electron chi connectivity index (χ2n) is 6.61. The number of esters is 1. The van der Waals surface area contributed by atoms with E-state index in [2.05, 4.69) is 43.0 Å². The van der Waals surface area contributed by atoms with Crippen LogP contribution >= 0.6 is 0 Å². The minimum Gasteiger partial charge on any atom is -0.454 e. The maximum Gasteiger partial charge on any atom is 0.340 e. The average molecular weight is 350 g/mol. The van der Waals surface area contributed by atoms with Crippen molar-refractivity contribution in [1.29, 1.82) is 0 Å². The van der Waals surface area contributed by atoms with Crippen LogP contribution in [0.5, 0.6) is 0 Å². The zero-order valence-corrected chi connectivity index (χ0v) is 15.7. The molecule has 0 bridgehead atoms. The molecule has 0 aliphatic rings. The van der Waals surface area contributed by atoms with Gasteiger partial charge in [-0.3, -0.25) is 4.98 Å². The summed E-state index contributed by atoms with van der Waals surface area (Å²) in [6.07, 6.45) is 0. The molecule has 0 spiro atoms. The van der Waals surface area contributed by atoms with Gasteiger partial charge < -0.3 is 9.26 Å². The molecule has 0 saturated heterocycles. The van der Waals surface area contributed by atoms with Crippen molar-refractivity contribution in [2.45, 2.75) is 41.2 Å². The van der Waals surface area contributed by atoms with E-state index in [0.717, 1.165) is 28.1 Å². The molecule has 0 N–H and O–H groups in total. The normalized spacial score (nSPS) is 10.8. The first kappa shape index (κ1) is 17.9. The number of aromatic nitrogens is 2. The highest BCUT2D eigenvalue weighted by Gasteiger charge is 2.15. The minimum atomic E-state index is -0.421. The van der Waals surface area contributed by atoms with Crippen LogP contribution in [-0.2, 0) is 11.3 Å². The van der Waals surface area contributed by atoms with E-state index in [9.17, 15) is 4.79 Å². The number of carbonyl (C=O) groups excluding carboxylic acids is 1. The first-order valence-electron chi connectivity index (χ1n) is 8.50. The second-order valence-corrected chi connectivity index (χ2v) is 6.61. The molecule has 26 heavy (non-hydrogen) atoms. The highest BCUT2D eigenvalue weighted by Crippen LogP contribution is 2.28. The lowest BCUT2D eigenvalue weighted by atomic mass is 9.97. The van der Waals surface area contributed by atoms with E-state index in [1.165, 1.54) is 5.56 Å². The zero-order valence-electron chi connectivity index (χ0n) is 15.7. The minimum absolute atomic E-state index is 0.0309. The van der Waals surface area contributed by atoms with Crippen molar-refractivity contribution in [2.24, 2.45) is 0 Å². The number of ether oxygens (including phenoxy) is 1. The van der Waals surface area contributed by atoms with Gasteiger partial charge in [-0.2, -0.15) is 0 Å². The summed E-state index contributed by atoms with van der Waals surface area (Å²) in [5, 5.41) is 4.14. The first-order valence-corrected chi connectivity index (χ1v) is 8.50. The van der Waals surface area contributed by atoms with E-state index in [0.29, 0.717) is 17.0 Å². The Labute approximate surface area is 153 Å². The third kappa shape index (κ3) is 3.67. The molecule has 3 aromatic rings. The summed E-state index contributed by atoms with van der Waals surface area (Å²) in [4.78, 5) is 16.5. The molecular weight excluding hydrogens is 328 g/mol. The molecule has 0 fully saturated rings. The number of rotatable bonds is 4. The molecule has 3 rings (SSSR count). The van der Waals surface area contributed by atoms with Crippen molar-refractivity contribution in [3.05, 3.63) is 69.7 Å². The molecule has 0 aliphatic carbocycles. The standard InChI is InChI=1S/C21H22N2O3/c1-12-8-13(2)20(14(3)9-12)19-10-17(26-23-19)11-25-21(24)18-7-6-15(4)22-16(18)5/h6-10H,11H2,1-5H3. The predicted octanol–water partition coefficient (Wildman–Crippen LogP) is 4.64. The monoisotopic (exact) mass is 350 g/mol. The van der Waals surface area contributed by atoms with Crippen LogP contribution in [0.25, 0.3) is 11.3 Å². The van der Waals surface area contributed by atoms with E-state index < -0.39 is 5.97 Å². The largest absolute Gasteiger partial charge is 0.454 e. The van der Waals surface area contributed by atoms with E-state index in [-0.39, 0.29) is 6.61 Å². The number of hydrogen-bond donors (Lipinski definition) is 0. The predicted molar refractivity (Wildman–Crippen MR) is 99.0 cm³/mol. The summed E-state index contributed by atoms with van der Waals surface area (Å²) in [6, 6.07) is 9.57. The number of aryl methyl sites for hydroxylation is 5. The number of pyridine rings is 1. The average Bonchev–Trinajstić information content (AvgIpc) is 3.00. The van der Waals surface area contributed by atoms with Crippen LogP contribution in [-0.4, -0.2) is 16.1 Å². The Morgan fingerprint density at radius 2 is 1.73 bits per heavy atom. The topological polar surface area (TPSA) is 65.2 Å². The lowest BCUT2D eigenvalue weighted by Crippen LogP contribution is -2.08. The van der Waals surface area contributed by atoms with Gasteiger partial charge in [0.2, 0.25) is 0 Å². The van der Waals surface area contributed by atoms with Gasteiger partial charge in [-0.1, -0.05) is 22.9 Å². The van der Waals surface area contributed by atoms with E-state index >= 15 is 0 Å². The van der Waals surface area contributed by atoms with Crippen LogP contribution in [0, 0.1) is 34.6 Å². The molecule has 0 saturated carbocycles. The molecule has 2 aromatic heterocycles. The van der Waals surface area contributed by atoms with Crippen LogP contribution in [0.15, 0.2) is 34.9 Å². The summed E-state index contributed by atoms with van der Waals surface area (Å²) < 4.78 is 10.7. The van der Waals surface area contributed by atoms with Gasteiger partial charge in [-0.05, 0) is 57.9 Å². The van der Waals surface area contributed by atoms with Crippen LogP contribution in [0.4, 0.5) is 0 Å². The molecule has 1 aromatic carbocycles. The van der Waals surface area contributed by atoms with Crippen molar-refractivity contribution in [2.75, 3.05) is 0 Å². The number of benzene rings is 1. The van der Waals surface area contributed by atoms with E-state index in [4.69, 9.17) is 9.26 Å². The summed E-state index contributed by atoms with van der Waals surface area (Å²) in [6.45, 7) is 9.88. The number of hydrogen-bond acceptors (Lipinski definition) is 5. The molecule has 0 unspecified atom stereocenters. The van der Waals surface area contributed by atoms with E-state index in [1.807, 2.05) is 13.0 Å². The Kier molecular flexibility index (Phi) is 4.89. The summed E-state index contributed by atoms with van der Waals surface area (Å²) in [5.41, 5.74) is 7.27. The van der Waals surface area contributed by atoms with Gasteiger partial charge in [0.25, 0.3) is 0 Å². The molecule has 0 aliphatic heterocycles. The summed E-state index contributed by atoms with van der Waals surface area (Å²) in [5.74, 6) is 0.0843. The van der Waals surface area contributed by atoms with Crippen molar-refractivity contribution in [1.82, 2.24) is 10.1 Å². The molecule has 0 atom stereocenters. The smallest absolute Gasteiger partial charge is 0.340 e. The van der Waals surface area contributed by atoms with Gasteiger partial charge in [-0.15, -0.1) is 0 Å². The Morgan fingerprint density at radius 3 is 2.38 bits per heavy atom. The van der Waals surface area contributed by atoms with Crippen LogP contribution in [0.1, 0.15) is 44.2 Å². The molecule has 5 heteroatoms. The Hall–Kier alpha value is -2.95. The van der Waals surface area contributed by atoms with Gasteiger partial charge in [0.15, 0.2) is 12.4 Å². The fourth-order valence-corrected chi connectivity index (χ4v) is 3.20. The van der Waals surface area contributed by atoms with Gasteiger partial charge in [0, 0.05) is 17.3 Å². The Balaban J connectivity index is 1.74. The fraction of sp³-hybridized carbons (Fsp3) is 0.286. The van der Waals surface area contributed by atoms with Crippen molar-refractivity contribution < 1.29 is 14.1 Å². The first-order chi connectivity index (χ1) is 12.3. The van der Waals surface area contributed by atoms with Crippen LogP contribution < -0.4 is 0 Å². The van der Waals surface area contributed by atoms with Crippen molar-refractivity contribution in [3.8, 4) is 11.3 Å². The second kappa shape index (κ2) is 7.12. The quantitative estimate of drug-likeness (QED) is 0.642. The molecule has 2 heterocycles. The van der Waals surface area contributed by atoms with Gasteiger partial charge in [-0.25, -0.2) is 4.79 Å². The van der Waals surface area contributed by atoms with Crippen molar-refractivity contribution >= 4 is 5.97 Å². The molecule has 0 amide bonds. The highest BCUT2D eigenvalue weighted by molar-refractivity contribution is 5.90. The number of carbonyl (C=O) groups is 1. The van der Waals surface area contributed by atoms with E-state index in [1.54, 1.807) is 19.1 Å². The van der Waals surface area contributed by atoms with Crippen molar-refractivity contribution in [3.63, 3.8) is 0 Å². The maximum atomic E-state index is 12.2. The summed E-state index contributed by atoms with van der Waals surface area (Å²) >= 11 is 0. The molecule has 0 radical (unpaired) electrons.